The lowest BCUT2D eigenvalue weighted by molar-refractivity contribution is 0.0948. The van der Waals surface area contributed by atoms with Gasteiger partial charge >= 0.3 is 0 Å². The summed E-state index contributed by atoms with van der Waals surface area (Å²) < 4.78 is 21.0. The lowest BCUT2D eigenvalue weighted by Crippen LogP contribution is -2.24. The molecule has 0 bridgehead atoms. The van der Waals surface area contributed by atoms with E-state index in [1.165, 1.54) is 12.1 Å². The molecule has 1 aliphatic rings. The molecular formula is C25H27FN4O3. The van der Waals surface area contributed by atoms with Crippen LogP contribution in [0.2, 0.25) is 0 Å². The fraction of sp³-hybridized carbons (Fsp3) is 0.320. The van der Waals surface area contributed by atoms with Crippen molar-refractivity contribution >= 4 is 11.8 Å². The van der Waals surface area contributed by atoms with Crippen LogP contribution in [-0.4, -0.2) is 28.2 Å². The smallest absolute Gasteiger partial charge is 0.267 e. The highest BCUT2D eigenvalue weighted by Crippen LogP contribution is 2.31. The fourth-order valence-corrected chi connectivity index (χ4v) is 4.21. The number of carbonyl (C=O) groups excluding carboxylic acids is 2. The van der Waals surface area contributed by atoms with Crippen LogP contribution in [0.4, 0.5) is 4.39 Å². The number of hydrogen-bond donors (Lipinski definition) is 2. The van der Waals surface area contributed by atoms with E-state index in [0.717, 1.165) is 42.5 Å². The summed E-state index contributed by atoms with van der Waals surface area (Å²) in [4.78, 5) is 24.8. The number of fused-ring (bicyclic) bond motifs is 1. The van der Waals surface area contributed by atoms with Crippen molar-refractivity contribution in [2.45, 2.75) is 46.1 Å². The molecule has 0 unspecified atom stereocenters. The second-order valence-corrected chi connectivity index (χ2v) is 8.13. The maximum atomic E-state index is 13.6. The molecule has 2 aromatic carbocycles. The van der Waals surface area contributed by atoms with Crippen LogP contribution in [0, 0.1) is 12.7 Å². The Hall–Kier alpha value is -3.68. The number of amides is 2. The van der Waals surface area contributed by atoms with E-state index in [0.29, 0.717) is 34.9 Å². The second kappa shape index (κ2) is 9.44. The lowest BCUT2D eigenvalue weighted by Gasteiger charge is -2.15. The Morgan fingerprint density at radius 1 is 1.18 bits per heavy atom. The second-order valence-electron chi connectivity index (χ2n) is 8.13. The van der Waals surface area contributed by atoms with E-state index in [9.17, 15) is 14.0 Å². The first kappa shape index (κ1) is 22.5. The minimum atomic E-state index is -0.519. The topological polar surface area (TPSA) is 99.2 Å². The van der Waals surface area contributed by atoms with E-state index in [4.69, 9.17) is 10.5 Å². The Morgan fingerprint density at radius 2 is 1.97 bits per heavy atom. The number of nitrogens with one attached hydrogen (secondary N) is 1. The van der Waals surface area contributed by atoms with Gasteiger partial charge in [0.05, 0.1) is 12.3 Å². The van der Waals surface area contributed by atoms with Crippen LogP contribution in [0.15, 0.2) is 36.4 Å². The number of benzene rings is 2. The molecule has 1 aliphatic carbocycles. The van der Waals surface area contributed by atoms with E-state index in [1.807, 2.05) is 25.1 Å². The van der Waals surface area contributed by atoms with Gasteiger partial charge in [-0.15, -0.1) is 0 Å². The first-order valence-corrected chi connectivity index (χ1v) is 11.1. The number of rotatable bonds is 7. The van der Waals surface area contributed by atoms with E-state index in [2.05, 4.69) is 10.4 Å². The summed E-state index contributed by atoms with van der Waals surface area (Å²) in [6, 6.07) is 9.58. The normalized spacial score (nSPS) is 12.8. The van der Waals surface area contributed by atoms with E-state index in [-0.39, 0.29) is 12.5 Å². The van der Waals surface area contributed by atoms with Crippen molar-refractivity contribution in [3.63, 3.8) is 0 Å². The average molecular weight is 451 g/mol. The molecule has 0 radical (unpaired) electrons. The minimum Gasteiger partial charge on any atom is -0.492 e. The molecule has 0 spiro atoms. The highest BCUT2D eigenvalue weighted by Gasteiger charge is 2.26. The van der Waals surface area contributed by atoms with Crippen molar-refractivity contribution in [2.24, 2.45) is 5.73 Å². The predicted molar refractivity (Wildman–Crippen MR) is 122 cm³/mol. The summed E-state index contributed by atoms with van der Waals surface area (Å²) in [6.07, 6.45) is 3.63. The zero-order chi connectivity index (χ0) is 23.5. The van der Waals surface area contributed by atoms with E-state index in [1.54, 1.807) is 17.7 Å². The van der Waals surface area contributed by atoms with Crippen molar-refractivity contribution in [1.82, 2.24) is 15.1 Å². The maximum Gasteiger partial charge on any atom is 0.267 e. The highest BCUT2D eigenvalue weighted by molar-refractivity contribution is 5.95. The van der Waals surface area contributed by atoms with Crippen molar-refractivity contribution in [3.8, 4) is 11.4 Å². The van der Waals surface area contributed by atoms with Gasteiger partial charge in [-0.05, 0) is 74.9 Å². The van der Waals surface area contributed by atoms with Gasteiger partial charge in [-0.3, -0.25) is 9.59 Å². The van der Waals surface area contributed by atoms with Crippen LogP contribution in [-0.2, 0) is 19.4 Å². The van der Waals surface area contributed by atoms with Crippen molar-refractivity contribution < 1.29 is 18.7 Å². The number of hydrogen-bond acceptors (Lipinski definition) is 4. The lowest BCUT2D eigenvalue weighted by atomic mass is 9.96. The number of carbonyl (C=O) groups is 2. The molecular weight excluding hydrogens is 423 g/mol. The third-order valence-corrected chi connectivity index (χ3v) is 5.84. The molecule has 1 aromatic heterocycles. The molecule has 0 aliphatic heterocycles. The Balaban J connectivity index is 1.63. The van der Waals surface area contributed by atoms with Gasteiger partial charge < -0.3 is 15.8 Å². The van der Waals surface area contributed by atoms with Gasteiger partial charge in [0.25, 0.3) is 11.8 Å². The first-order valence-electron chi connectivity index (χ1n) is 11.1. The van der Waals surface area contributed by atoms with Gasteiger partial charge in [0.1, 0.15) is 22.9 Å². The van der Waals surface area contributed by atoms with Crippen LogP contribution in [0.5, 0.6) is 5.75 Å². The molecule has 0 fully saturated rings. The van der Waals surface area contributed by atoms with Crippen molar-refractivity contribution in [1.29, 1.82) is 0 Å². The Kier molecular flexibility index (Phi) is 6.44. The third-order valence-electron chi connectivity index (χ3n) is 5.84. The average Bonchev–Trinajstić information content (AvgIpc) is 3.19. The summed E-state index contributed by atoms with van der Waals surface area (Å²) in [5.41, 5.74) is 10.3. The Morgan fingerprint density at radius 3 is 2.73 bits per heavy atom. The highest BCUT2D eigenvalue weighted by atomic mass is 19.1. The molecule has 0 saturated heterocycles. The van der Waals surface area contributed by atoms with Crippen LogP contribution in [0.25, 0.3) is 5.69 Å². The zero-order valence-corrected chi connectivity index (χ0v) is 18.8. The predicted octanol–water partition coefficient (Wildman–Crippen LogP) is 3.63. The van der Waals surface area contributed by atoms with Crippen LogP contribution in [0.1, 0.15) is 63.0 Å². The quantitative estimate of drug-likeness (QED) is 0.574. The number of nitrogens with zero attached hydrogens (tertiary/aromatic N) is 2. The van der Waals surface area contributed by atoms with Gasteiger partial charge in [0.2, 0.25) is 0 Å². The first-order chi connectivity index (χ1) is 15.9. The number of halogens is 1. The van der Waals surface area contributed by atoms with Crippen molar-refractivity contribution in [2.75, 3.05) is 6.61 Å². The monoisotopic (exact) mass is 450 g/mol. The van der Waals surface area contributed by atoms with Crippen LogP contribution < -0.4 is 15.8 Å². The maximum absolute atomic E-state index is 13.6. The van der Waals surface area contributed by atoms with Crippen LogP contribution in [0.3, 0.4) is 0 Å². The summed E-state index contributed by atoms with van der Waals surface area (Å²) >= 11 is 0. The molecule has 3 aromatic rings. The zero-order valence-electron chi connectivity index (χ0n) is 18.8. The number of nitrogens with two attached hydrogens (primary N) is 1. The SMILES string of the molecule is CCOc1cc(CNC(=O)c2cc(F)ccc2C)ccc1-n1nc2c(c1C(N)=O)CCCC2. The van der Waals surface area contributed by atoms with Gasteiger partial charge in [0, 0.05) is 17.7 Å². The van der Waals surface area contributed by atoms with Gasteiger partial charge in [-0.1, -0.05) is 12.1 Å². The largest absolute Gasteiger partial charge is 0.492 e. The van der Waals surface area contributed by atoms with Gasteiger partial charge in [0.15, 0.2) is 0 Å². The number of aromatic nitrogens is 2. The molecule has 33 heavy (non-hydrogen) atoms. The summed E-state index contributed by atoms with van der Waals surface area (Å²) in [7, 11) is 0. The summed E-state index contributed by atoms with van der Waals surface area (Å²) in [6.45, 7) is 4.27. The molecule has 172 valence electrons. The third kappa shape index (κ3) is 4.60. The minimum absolute atomic E-state index is 0.230. The molecule has 1 heterocycles. The van der Waals surface area contributed by atoms with Gasteiger partial charge in [-0.2, -0.15) is 5.10 Å². The molecule has 0 atom stereocenters. The summed E-state index contributed by atoms with van der Waals surface area (Å²) in [5, 5.41) is 7.50. The molecule has 0 saturated carbocycles. The molecule has 3 N–H and O–H groups in total. The standard InChI is InChI=1S/C25H27FN4O3/c1-3-33-22-12-16(14-28-25(32)19-13-17(26)10-8-15(19)2)9-11-21(22)30-23(24(27)31)18-6-4-5-7-20(18)29-30/h8-13H,3-7,14H2,1-2H3,(H2,27,31)(H,28,32). The van der Waals surface area contributed by atoms with Crippen LogP contribution >= 0.6 is 0 Å². The van der Waals surface area contributed by atoms with Crippen molar-refractivity contribution in [3.05, 3.63) is 75.9 Å². The number of aryl methyl sites for hydroxylation is 2. The van der Waals surface area contributed by atoms with E-state index < -0.39 is 11.7 Å². The molecule has 8 heteroatoms. The van der Waals surface area contributed by atoms with E-state index >= 15 is 0 Å². The van der Waals surface area contributed by atoms with Gasteiger partial charge in [-0.25, -0.2) is 9.07 Å². The molecule has 2 amide bonds. The molecule has 4 rings (SSSR count). The fourth-order valence-electron chi connectivity index (χ4n) is 4.21. The Labute approximate surface area is 191 Å². The number of ether oxygens (including phenoxy) is 1. The molecule has 7 nitrogen and oxygen atoms in total. The number of primary amides is 1. The Bertz CT molecular complexity index is 1220. The summed E-state index contributed by atoms with van der Waals surface area (Å²) in [5.74, 6) is -0.797.